The monoisotopic (exact) mass is 276 g/mol. The minimum Gasteiger partial charge on any atom is -0.481 e. The summed E-state index contributed by atoms with van der Waals surface area (Å²) in [5, 5.41) is 8.64. The lowest BCUT2D eigenvalue weighted by Gasteiger charge is -2.06. The van der Waals surface area contributed by atoms with E-state index in [1.165, 1.54) is 6.92 Å². The van der Waals surface area contributed by atoms with Crippen molar-refractivity contribution in [1.29, 1.82) is 0 Å². The van der Waals surface area contributed by atoms with E-state index in [0.717, 1.165) is 0 Å². The average Bonchev–Trinajstić information content (AvgIpc) is 2.29. The van der Waals surface area contributed by atoms with Gasteiger partial charge in [-0.2, -0.15) is 0 Å². The van der Waals surface area contributed by atoms with Crippen LogP contribution in [0.3, 0.4) is 0 Å². The molecule has 19 heavy (non-hydrogen) atoms. The van der Waals surface area contributed by atoms with Crippen LogP contribution < -0.4 is 5.56 Å². The molecular formula is C11H14F2N2O4. The zero-order chi connectivity index (χ0) is 14.4. The molecule has 0 amide bonds. The summed E-state index contributed by atoms with van der Waals surface area (Å²) in [6.45, 7) is 0.863. The zero-order valence-corrected chi connectivity index (χ0v) is 10.3. The Kier molecular flexibility index (Phi) is 5.56. The number of rotatable bonds is 7. The Labute approximate surface area is 107 Å². The molecular weight excluding hydrogens is 262 g/mol. The van der Waals surface area contributed by atoms with E-state index in [-0.39, 0.29) is 24.4 Å². The lowest BCUT2D eigenvalue weighted by molar-refractivity contribution is -0.136. The first-order valence-corrected chi connectivity index (χ1v) is 5.56. The van der Waals surface area contributed by atoms with Crippen LogP contribution in [0, 0.1) is 6.92 Å². The molecule has 1 aromatic rings. The van der Waals surface area contributed by atoms with Crippen LogP contribution in [0.25, 0.3) is 0 Å². The van der Waals surface area contributed by atoms with Crippen LogP contribution in [0.5, 0.6) is 0 Å². The van der Waals surface area contributed by atoms with Crippen molar-refractivity contribution in [2.75, 3.05) is 13.2 Å². The summed E-state index contributed by atoms with van der Waals surface area (Å²) in [4.78, 5) is 28.6. The summed E-state index contributed by atoms with van der Waals surface area (Å²) in [5.41, 5.74) is -0.126. The highest BCUT2D eigenvalue weighted by atomic mass is 19.3. The van der Waals surface area contributed by atoms with Crippen LogP contribution in [-0.4, -0.2) is 40.7 Å². The van der Waals surface area contributed by atoms with Gasteiger partial charge in [0.15, 0.2) is 0 Å². The molecule has 6 nitrogen and oxygen atoms in total. The van der Waals surface area contributed by atoms with E-state index in [1.807, 2.05) is 0 Å². The molecule has 0 aliphatic rings. The van der Waals surface area contributed by atoms with Gasteiger partial charge in [-0.05, 0) is 6.92 Å². The lowest BCUT2D eigenvalue weighted by atomic mass is 10.1. The first-order valence-electron chi connectivity index (χ1n) is 5.56. The molecule has 0 aromatic carbocycles. The smallest absolute Gasteiger partial charge is 0.308 e. The van der Waals surface area contributed by atoms with Crippen molar-refractivity contribution < 1.29 is 23.4 Å². The number of ether oxygens (including phenoxy) is 1. The van der Waals surface area contributed by atoms with Crippen molar-refractivity contribution in [1.82, 2.24) is 9.97 Å². The van der Waals surface area contributed by atoms with Gasteiger partial charge < -0.3 is 14.8 Å². The summed E-state index contributed by atoms with van der Waals surface area (Å²) < 4.78 is 28.3. The number of halogens is 2. The summed E-state index contributed by atoms with van der Waals surface area (Å²) in [7, 11) is 0. The highest BCUT2D eigenvalue weighted by Crippen LogP contribution is 2.01. The fourth-order valence-corrected chi connectivity index (χ4v) is 1.49. The first kappa shape index (κ1) is 15.2. The second-order valence-electron chi connectivity index (χ2n) is 3.86. The van der Waals surface area contributed by atoms with E-state index in [0.29, 0.717) is 5.69 Å². The Bertz CT molecular complexity index is 502. The zero-order valence-electron chi connectivity index (χ0n) is 10.3. The number of nitrogens with zero attached hydrogens (tertiary/aromatic N) is 1. The standard InChI is InChI=1S/C11H14F2N2O4/c1-6-7(4-10(16)17)11(18)15-9(14-6)2-3-19-5-8(12)13/h8H,2-5H2,1H3,(H,16,17)(H,14,15,18). The van der Waals surface area contributed by atoms with E-state index in [1.54, 1.807) is 0 Å². The first-order chi connectivity index (χ1) is 8.90. The van der Waals surface area contributed by atoms with E-state index >= 15 is 0 Å². The van der Waals surface area contributed by atoms with Gasteiger partial charge in [0.05, 0.1) is 13.0 Å². The van der Waals surface area contributed by atoms with Crippen molar-refractivity contribution in [2.24, 2.45) is 0 Å². The number of aliphatic carboxylic acids is 1. The Morgan fingerprint density at radius 1 is 1.53 bits per heavy atom. The predicted octanol–water partition coefficient (Wildman–Crippen LogP) is 0.530. The summed E-state index contributed by atoms with van der Waals surface area (Å²) in [6, 6.07) is 0. The molecule has 0 unspecified atom stereocenters. The maximum absolute atomic E-state index is 11.8. The predicted molar refractivity (Wildman–Crippen MR) is 61.5 cm³/mol. The number of aryl methyl sites for hydroxylation is 1. The molecule has 0 saturated carbocycles. The largest absolute Gasteiger partial charge is 0.481 e. The van der Waals surface area contributed by atoms with Gasteiger partial charge in [0.1, 0.15) is 12.4 Å². The van der Waals surface area contributed by atoms with Crippen molar-refractivity contribution in [3.05, 3.63) is 27.4 Å². The lowest BCUT2D eigenvalue weighted by Crippen LogP contribution is -2.22. The third-order valence-corrected chi connectivity index (χ3v) is 2.33. The number of nitrogens with one attached hydrogen (secondary N) is 1. The normalized spacial score (nSPS) is 10.9. The second-order valence-corrected chi connectivity index (χ2v) is 3.86. The van der Waals surface area contributed by atoms with Crippen molar-refractivity contribution in [3.8, 4) is 0 Å². The quantitative estimate of drug-likeness (QED) is 0.709. The van der Waals surface area contributed by atoms with Gasteiger partial charge >= 0.3 is 5.97 Å². The number of aromatic nitrogens is 2. The number of carboxylic acids is 1. The van der Waals surface area contributed by atoms with Crippen molar-refractivity contribution >= 4 is 5.97 Å². The molecule has 0 bridgehead atoms. The SMILES string of the molecule is Cc1nc(CCOCC(F)F)[nH]c(=O)c1CC(=O)O. The highest BCUT2D eigenvalue weighted by molar-refractivity contribution is 5.70. The summed E-state index contributed by atoms with van der Waals surface area (Å²) >= 11 is 0. The van der Waals surface area contributed by atoms with E-state index in [2.05, 4.69) is 14.7 Å². The Morgan fingerprint density at radius 2 is 2.21 bits per heavy atom. The molecule has 0 aliphatic heterocycles. The van der Waals surface area contributed by atoms with Crippen LogP contribution in [0.4, 0.5) is 8.78 Å². The van der Waals surface area contributed by atoms with E-state index in [9.17, 15) is 18.4 Å². The third-order valence-electron chi connectivity index (χ3n) is 2.33. The number of alkyl halides is 2. The molecule has 106 valence electrons. The number of hydrogen-bond donors (Lipinski definition) is 2. The van der Waals surface area contributed by atoms with Gasteiger partial charge in [0, 0.05) is 17.7 Å². The van der Waals surface area contributed by atoms with Crippen LogP contribution in [0.2, 0.25) is 0 Å². The fraction of sp³-hybridized carbons (Fsp3) is 0.545. The summed E-state index contributed by atoms with van der Waals surface area (Å²) in [5.74, 6) is -0.839. The number of carbonyl (C=O) groups is 1. The van der Waals surface area contributed by atoms with E-state index < -0.39 is 31.0 Å². The van der Waals surface area contributed by atoms with Gasteiger partial charge in [-0.3, -0.25) is 9.59 Å². The van der Waals surface area contributed by atoms with Gasteiger partial charge in [0.2, 0.25) is 0 Å². The third kappa shape index (κ3) is 5.12. The Hall–Kier alpha value is -1.83. The molecule has 0 atom stereocenters. The topological polar surface area (TPSA) is 92.3 Å². The molecule has 0 fully saturated rings. The van der Waals surface area contributed by atoms with Gasteiger partial charge in [0.25, 0.3) is 12.0 Å². The number of H-pyrrole nitrogens is 1. The fourth-order valence-electron chi connectivity index (χ4n) is 1.49. The molecule has 0 spiro atoms. The average molecular weight is 276 g/mol. The molecule has 0 radical (unpaired) electrons. The number of carboxylic acid groups (broad SMARTS) is 1. The van der Waals surface area contributed by atoms with Crippen LogP contribution in [0.1, 0.15) is 17.1 Å². The minimum absolute atomic E-state index is 0.00496. The number of aromatic amines is 1. The van der Waals surface area contributed by atoms with Gasteiger partial charge in [-0.1, -0.05) is 0 Å². The van der Waals surface area contributed by atoms with Crippen molar-refractivity contribution in [3.63, 3.8) is 0 Å². The molecule has 2 N–H and O–H groups in total. The summed E-state index contributed by atoms with van der Waals surface area (Å²) in [6.07, 6.45) is -2.77. The van der Waals surface area contributed by atoms with Crippen LogP contribution in [-0.2, 0) is 22.4 Å². The maximum Gasteiger partial charge on any atom is 0.308 e. The van der Waals surface area contributed by atoms with Crippen molar-refractivity contribution in [2.45, 2.75) is 26.2 Å². The molecule has 8 heteroatoms. The van der Waals surface area contributed by atoms with Crippen LogP contribution >= 0.6 is 0 Å². The van der Waals surface area contributed by atoms with E-state index in [4.69, 9.17) is 5.11 Å². The second kappa shape index (κ2) is 6.93. The molecule has 0 saturated heterocycles. The molecule has 1 rings (SSSR count). The highest BCUT2D eigenvalue weighted by Gasteiger charge is 2.11. The maximum atomic E-state index is 11.8. The number of hydrogen-bond acceptors (Lipinski definition) is 4. The molecule has 1 aromatic heterocycles. The Balaban J connectivity index is 2.67. The molecule has 0 aliphatic carbocycles. The molecule has 1 heterocycles. The Morgan fingerprint density at radius 3 is 2.74 bits per heavy atom. The van der Waals surface area contributed by atoms with Gasteiger partial charge in [-0.25, -0.2) is 13.8 Å². The van der Waals surface area contributed by atoms with Gasteiger partial charge in [-0.15, -0.1) is 0 Å². The van der Waals surface area contributed by atoms with Crippen LogP contribution in [0.15, 0.2) is 4.79 Å². The minimum atomic E-state index is -2.54.